The Morgan fingerprint density at radius 2 is 2.23 bits per heavy atom. The fourth-order valence-corrected chi connectivity index (χ4v) is 3.75. The van der Waals surface area contributed by atoms with E-state index in [1.54, 1.807) is 11.9 Å². The topological polar surface area (TPSA) is 32.3 Å². The molecule has 8 heteroatoms. The summed E-state index contributed by atoms with van der Waals surface area (Å²) in [7, 11) is 0. The monoisotopic (exact) mass is 352 g/mol. The highest BCUT2D eigenvalue weighted by atomic mass is 35.5. The first-order valence-corrected chi connectivity index (χ1v) is 8.18. The Kier molecular flexibility index (Phi) is 5.63. The molecule has 1 aromatic rings. The van der Waals surface area contributed by atoms with Crippen molar-refractivity contribution in [2.24, 2.45) is 0 Å². The average Bonchev–Trinajstić information content (AvgIpc) is 2.93. The van der Waals surface area contributed by atoms with Crippen molar-refractivity contribution < 1.29 is 18.0 Å². The van der Waals surface area contributed by atoms with Crippen LogP contribution in [0.5, 0.6) is 0 Å². The highest BCUT2D eigenvalue weighted by Crippen LogP contribution is 2.36. The van der Waals surface area contributed by atoms with Gasteiger partial charge in [-0.1, -0.05) is 42.6 Å². The van der Waals surface area contributed by atoms with Crippen molar-refractivity contribution in [2.75, 3.05) is 12.3 Å². The number of hydrogen-bond acceptors (Lipinski definition) is 3. The summed E-state index contributed by atoms with van der Waals surface area (Å²) in [5.74, 6) is 0.691. The van der Waals surface area contributed by atoms with E-state index >= 15 is 0 Å². The average molecular weight is 353 g/mol. The molecule has 0 saturated carbocycles. The van der Waals surface area contributed by atoms with E-state index < -0.39 is 11.7 Å². The third-order valence-corrected chi connectivity index (χ3v) is 5.16. The predicted octanol–water partition coefficient (Wildman–Crippen LogP) is 3.72. The van der Waals surface area contributed by atoms with Crippen LogP contribution in [-0.4, -0.2) is 28.6 Å². The maximum absolute atomic E-state index is 12.8. The molecule has 2 rings (SSSR count). The quantitative estimate of drug-likeness (QED) is 0.838. The van der Waals surface area contributed by atoms with Gasteiger partial charge in [-0.15, -0.1) is 0 Å². The van der Waals surface area contributed by atoms with E-state index in [0.717, 1.165) is 24.8 Å². The second-order valence-corrected chi connectivity index (χ2v) is 6.38. The number of carbonyl (C=O) groups excluding carboxylic acids is 1. The summed E-state index contributed by atoms with van der Waals surface area (Å²) in [4.78, 5) is 12.1. The van der Waals surface area contributed by atoms with Gasteiger partial charge in [0.1, 0.15) is 0 Å². The molecule has 122 valence electrons. The third kappa shape index (κ3) is 3.88. The Bertz CT molecular complexity index is 553. The molecule has 0 aliphatic carbocycles. The minimum Gasteiger partial charge on any atom is -0.351 e. The van der Waals surface area contributed by atoms with Crippen LogP contribution >= 0.6 is 23.5 Å². The molecular formula is C14H16ClF3N2OS. The lowest BCUT2D eigenvalue weighted by atomic mass is 10.1. The number of hydrogen-bond donors (Lipinski definition) is 1. The summed E-state index contributed by atoms with van der Waals surface area (Å²) in [6.45, 7) is 2.69. The minimum atomic E-state index is -4.50. The maximum atomic E-state index is 12.8. The van der Waals surface area contributed by atoms with Crippen LogP contribution in [0.3, 0.4) is 0 Å². The van der Waals surface area contributed by atoms with E-state index in [-0.39, 0.29) is 29.1 Å². The number of halogens is 4. The van der Waals surface area contributed by atoms with E-state index in [4.69, 9.17) is 11.6 Å². The largest absolute Gasteiger partial charge is 0.417 e. The first-order valence-electron chi connectivity index (χ1n) is 6.86. The first-order chi connectivity index (χ1) is 10.3. The molecule has 1 heterocycles. The van der Waals surface area contributed by atoms with Gasteiger partial charge in [0.2, 0.25) is 5.91 Å². The van der Waals surface area contributed by atoms with E-state index in [0.29, 0.717) is 0 Å². The van der Waals surface area contributed by atoms with Crippen molar-refractivity contribution in [3.8, 4) is 0 Å². The molecule has 0 aromatic heterocycles. The molecule has 1 aliphatic rings. The number of likely N-dealkylation sites (N-methyl/N-ethyl adjacent to an activating group) is 1. The highest BCUT2D eigenvalue weighted by molar-refractivity contribution is 7.97. The fraction of sp³-hybridized carbons (Fsp3) is 0.500. The second-order valence-electron chi connectivity index (χ2n) is 4.87. The number of rotatable bonds is 4. The van der Waals surface area contributed by atoms with E-state index in [1.165, 1.54) is 12.1 Å². The van der Waals surface area contributed by atoms with Gasteiger partial charge in [-0.3, -0.25) is 4.79 Å². The number of alkyl halides is 3. The Morgan fingerprint density at radius 3 is 2.86 bits per heavy atom. The van der Waals surface area contributed by atoms with E-state index in [2.05, 4.69) is 5.32 Å². The normalized spacial score (nSPS) is 19.4. The Hall–Kier alpha value is -0.920. The van der Waals surface area contributed by atoms with E-state index in [1.807, 2.05) is 11.2 Å². The standard InChI is InChI=1S/C14H16ClF3N2OS/c1-2-20-11(6-7-22-20)13(21)19-8-9-4-3-5-10(12(9)15)14(16,17)18/h3-5,11H,2,6-8H2,1H3,(H,19,21). The number of amides is 1. The van der Waals surface area contributed by atoms with Gasteiger partial charge in [-0.2, -0.15) is 13.2 Å². The molecule has 1 fully saturated rings. The molecule has 1 amide bonds. The summed E-state index contributed by atoms with van der Waals surface area (Å²) in [6, 6.07) is 3.47. The van der Waals surface area contributed by atoms with Crippen molar-refractivity contribution in [1.29, 1.82) is 0 Å². The summed E-state index contributed by atoms with van der Waals surface area (Å²) in [6.07, 6.45) is -3.77. The molecule has 3 nitrogen and oxygen atoms in total. The molecule has 1 saturated heterocycles. The Balaban J connectivity index is 2.04. The SMILES string of the molecule is CCN1SCCC1C(=O)NCc1cccc(C(F)(F)F)c1Cl. The predicted molar refractivity (Wildman–Crippen MR) is 81.5 cm³/mol. The van der Waals surface area contributed by atoms with E-state index in [9.17, 15) is 18.0 Å². The first kappa shape index (κ1) is 17.4. The van der Waals surface area contributed by atoms with Gasteiger partial charge in [-0.05, 0) is 18.1 Å². The maximum Gasteiger partial charge on any atom is 0.417 e. The number of carbonyl (C=O) groups is 1. The molecule has 0 spiro atoms. The summed E-state index contributed by atoms with van der Waals surface area (Å²) in [5.41, 5.74) is -0.619. The molecule has 0 bridgehead atoms. The van der Waals surface area contributed by atoms with Crippen molar-refractivity contribution in [1.82, 2.24) is 9.62 Å². The molecule has 1 N–H and O–H groups in total. The summed E-state index contributed by atoms with van der Waals surface area (Å²) < 4.78 is 40.3. The van der Waals surface area contributed by atoms with Gasteiger partial charge >= 0.3 is 6.18 Å². The van der Waals surface area contributed by atoms with Crippen LogP contribution < -0.4 is 5.32 Å². The fourth-order valence-electron chi connectivity index (χ4n) is 2.32. The lowest BCUT2D eigenvalue weighted by Crippen LogP contribution is -2.40. The van der Waals surface area contributed by atoms with Crippen LogP contribution in [0.15, 0.2) is 18.2 Å². The molecule has 1 atom stereocenters. The smallest absolute Gasteiger partial charge is 0.351 e. The zero-order chi connectivity index (χ0) is 16.3. The lowest BCUT2D eigenvalue weighted by molar-refractivity contribution is -0.137. The van der Waals surface area contributed by atoms with Crippen LogP contribution in [-0.2, 0) is 17.5 Å². The van der Waals surface area contributed by atoms with Crippen LogP contribution in [0.25, 0.3) is 0 Å². The molecule has 1 aromatic carbocycles. The molecular weight excluding hydrogens is 337 g/mol. The highest BCUT2D eigenvalue weighted by Gasteiger charge is 2.34. The van der Waals surface area contributed by atoms with Gasteiger partial charge in [0, 0.05) is 18.8 Å². The third-order valence-electron chi connectivity index (χ3n) is 3.45. The number of nitrogens with zero attached hydrogens (tertiary/aromatic N) is 1. The van der Waals surface area contributed by atoms with Gasteiger partial charge < -0.3 is 5.32 Å². The van der Waals surface area contributed by atoms with Crippen LogP contribution in [0.1, 0.15) is 24.5 Å². The van der Waals surface area contributed by atoms with Crippen LogP contribution in [0.2, 0.25) is 5.02 Å². The molecule has 22 heavy (non-hydrogen) atoms. The van der Waals surface area contributed by atoms with Crippen molar-refractivity contribution in [2.45, 2.75) is 32.1 Å². The van der Waals surface area contributed by atoms with Crippen molar-refractivity contribution in [3.05, 3.63) is 34.3 Å². The number of benzene rings is 1. The summed E-state index contributed by atoms with van der Waals surface area (Å²) in [5, 5.41) is 2.32. The second kappa shape index (κ2) is 7.10. The summed E-state index contributed by atoms with van der Waals surface area (Å²) >= 11 is 7.41. The number of nitrogens with one attached hydrogen (secondary N) is 1. The van der Waals surface area contributed by atoms with Crippen molar-refractivity contribution in [3.63, 3.8) is 0 Å². The molecule has 1 unspecified atom stereocenters. The zero-order valence-corrected chi connectivity index (χ0v) is 13.5. The van der Waals surface area contributed by atoms with Crippen LogP contribution in [0.4, 0.5) is 13.2 Å². The molecule has 0 radical (unpaired) electrons. The Labute approximate surface area is 136 Å². The van der Waals surface area contributed by atoms with Gasteiger partial charge in [-0.25, -0.2) is 4.31 Å². The molecule has 1 aliphatic heterocycles. The minimum absolute atomic E-state index is 0.0136. The van der Waals surface area contributed by atoms with Crippen LogP contribution in [0, 0.1) is 0 Å². The van der Waals surface area contributed by atoms with Gasteiger partial charge in [0.05, 0.1) is 16.6 Å². The lowest BCUT2D eigenvalue weighted by Gasteiger charge is -2.20. The Morgan fingerprint density at radius 1 is 1.50 bits per heavy atom. The zero-order valence-electron chi connectivity index (χ0n) is 11.9. The van der Waals surface area contributed by atoms with Crippen molar-refractivity contribution >= 4 is 29.5 Å². The van der Waals surface area contributed by atoms with Gasteiger partial charge in [0.25, 0.3) is 0 Å². The van der Waals surface area contributed by atoms with Gasteiger partial charge in [0.15, 0.2) is 0 Å².